The molecule has 1 saturated heterocycles. The zero-order valence-corrected chi connectivity index (χ0v) is 58.4. The molecular formula is C65H97BrN12O21S. The molecule has 2 aromatic carbocycles. The van der Waals surface area contributed by atoms with Gasteiger partial charge >= 0.3 is 53.8 Å². The lowest BCUT2D eigenvalue weighted by Gasteiger charge is -2.37. The molecule has 1 unspecified atom stereocenters. The molecule has 5 atom stereocenters. The Morgan fingerprint density at radius 2 is 0.880 bits per heavy atom. The van der Waals surface area contributed by atoms with Gasteiger partial charge < -0.3 is 83.4 Å². The van der Waals surface area contributed by atoms with Crippen molar-refractivity contribution in [2.75, 3.05) is 96.9 Å². The molecule has 0 radical (unpaired) electrons. The van der Waals surface area contributed by atoms with E-state index in [0.717, 1.165) is 22.0 Å². The SMILES string of the molecule is O=C(O)CC[C@H](NC(=O)N[C@@H](CCC(=O)NCCCCCCCC(=O)N[C@@H](CCCCNC(=S)Nc1ccc(CC2CN(CC(=O)O)CCN(CC(=O)O)CCN(CC(=O)O)CCN2CC(=O)O)cc1)C(=O)N[C@@H](CCCCNC(=O)CCCc1ccc(Br)cc1)C(=O)O)C(=O)O)C(=O)O. The second kappa shape index (κ2) is 48.2. The van der Waals surface area contributed by atoms with Gasteiger partial charge in [0.25, 0.3) is 0 Å². The Kier molecular flexibility index (Phi) is 41.2. The van der Waals surface area contributed by atoms with E-state index < -0.39 is 128 Å². The quantitative estimate of drug-likeness (QED) is 0.0333. The summed E-state index contributed by atoms with van der Waals surface area (Å²) in [6, 6.07) is 7.62. The van der Waals surface area contributed by atoms with E-state index in [2.05, 4.69) is 53.1 Å². The van der Waals surface area contributed by atoms with Crippen LogP contribution in [0.2, 0.25) is 0 Å². The van der Waals surface area contributed by atoms with Gasteiger partial charge in [0.1, 0.15) is 24.2 Å². The van der Waals surface area contributed by atoms with Crippen LogP contribution in [0.5, 0.6) is 0 Å². The van der Waals surface area contributed by atoms with E-state index >= 15 is 0 Å². The number of rotatable bonds is 47. The van der Waals surface area contributed by atoms with E-state index in [1.807, 2.05) is 29.6 Å². The second-order valence-corrected chi connectivity index (χ2v) is 25.7. The lowest BCUT2D eigenvalue weighted by molar-refractivity contribution is -0.142. The molecular weight excluding hydrogens is 1400 g/mol. The minimum atomic E-state index is -1.59. The Hall–Kier alpha value is -8.64. The van der Waals surface area contributed by atoms with E-state index in [1.54, 1.807) is 43.9 Å². The van der Waals surface area contributed by atoms with Gasteiger partial charge in [0.05, 0.1) is 26.2 Å². The van der Waals surface area contributed by atoms with Crippen molar-refractivity contribution in [2.24, 2.45) is 0 Å². The Balaban J connectivity index is 1.58. The monoisotopic (exact) mass is 1490 g/mol. The maximum Gasteiger partial charge on any atom is 0.326 e. The van der Waals surface area contributed by atoms with Gasteiger partial charge in [-0.1, -0.05) is 59.5 Å². The van der Waals surface area contributed by atoms with Crippen molar-refractivity contribution in [1.82, 2.24) is 56.8 Å². The summed E-state index contributed by atoms with van der Waals surface area (Å²) in [5, 5.41) is 98.3. The van der Waals surface area contributed by atoms with Crippen LogP contribution < -0.4 is 42.5 Å². The van der Waals surface area contributed by atoms with Crippen LogP contribution in [0, 0.1) is 0 Å². The third kappa shape index (κ3) is 39.2. The molecule has 1 aliphatic rings. The molecule has 0 aliphatic carbocycles. The standard InChI is InChI=1S/C65H97BrN12O21S/c66-45-20-16-43(17-21-45)11-10-15-52(79)67-29-8-6-13-49(61(93)94)72-60(92)48(71-54(81)14-4-2-1-3-7-28-68-53(80)26-24-50(62(95)96)73-64(99)74-51(63(97)98)25-27-55(82)83)12-5-9-30-69-65(100)70-46-22-18-44(19-23-46)37-47-38-77(41-58(88)89)34-33-75(39-56(84)85)31-32-76(40-57(86)87)35-36-78(47)42-59(90)91/h16-23,47-51H,1-15,24-42H2,(H,67,79)(H,68,80)(H,71,81)(H,72,92)(H,82,83)(H,84,85)(H,86,87)(H,88,89)(H,90,91)(H,93,94)(H,95,96)(H,97,98)(H2,69,70,100)(H2,73,74,99)/t47?,48-,49-,50-,51-/m0/s1. The number of urea groups is 1. The van der Waals surface area contributed by atoms with Gasteiger partial charge in [-0.15, -0.1) is 0 Å². The summed E-state index contributed by atoms with van der Waals surface area (Å²) in [5.41, 5.74) is 2.44. The highest BCUT2D eigenvalue weighted by atomic mass is 79.9. The Labute approximate surface area is 593 Å². The van der Waals surface area contributed by atoms with Crippen LogP contribution >= 0.6 is 28.1 Å². The summed E-state index contributed by atoms with van der Waals surface area (Å²) in [7, 11) is 0. The van der Waals surface area contributed by atoms with Gasteiger partial charge in [-0.3, -0.25) is 62.8 Å². The predicted molar refractivity (Wildman–Crippen MR) is 370 cm³/mol. The van der Waals surface area contributed by atoms with Crippen molar-refractivity contribution in [3.63, 3.8) is 0 Å². The van der Waals surface area contributed by atoms with Gasteiger partial charge in [-0.05, 0) is 131 Å². The minimum absolute atomic E-state index is 0.0398. The first-order valence-corrected chi connectivity index (χ1v) is 34.5. The lowest BCUT2D eigenvalue weighted by atomic mass is 10.0. The fourth-order valence-corrected chi connectivity index (χ4v) is 11.3. The van der Waals surface area contributed by atoms with Crippen molar-refractivity contribution in [3.05, 3.63) is 64.1 Å². The lowest BCUT2D eigenvalue weighted by Crippen LogP contribution is -2.53. The van der Waals surface area contributed by atoms with Crippen molar-refractivity contribution < 1.29 is 103 Å². The molecule has 556 valence electrons. The first kappa shape index (κ1) is 85.6. The highest BCUT2D eigenvalue weighted by Crippen LogP contribution is 2.18. The number of carbonyl (C=O) groups is 13. The maximum atomic E-state index is 13.8. The number of carbonyl (C=O) groups excluding carboxylic acids is 5. The molecule has 1 fully saturated rings. The number of hydrogen-bond donors (Lipinski definition) is 16. The molecule has 35 heteroatoms. The van der Waals surface area contributed by atoms with Crippen LogP contribution in [0.25, 0.3) is 0 Å². The zero-order chi connectivity index (χ0) is 73.9. The molecule has 1 aliphatic heterocycles. The molecule has 0 aromatic heterocycles. The maximum absolute atomic E-state index is 13.8. The zero-order valence-electron chi connectivity index (χ0n) is 56.0. The van der Waals surface area contributed by atoms with E-state index in [0.29, 0.717) is 89.4 Å². The first-order valence-electron chi connectivity index (χ1n) is 33.3. The normalized spacial score (nSPS) is 15.3. The molecule has 33 nitrogen and oxygen atoms in total. The highest BCUT2D eigenvalue weighted by Gasteiger charge is 2.30. The van der Waals surface area contributed by atoms with Gasteiger partial charge in [-0.25, -0.2) is 19.2 Å². The molecule has 0 bridgehead atoms. The van der Waals surface area contributed by atoms with Gasteiger partial charge in [0.15, 0.2) is 5.11 Å². The molecule has 0 spiro atoms. The van der Waals surface area contributed by atoms with Crippen molar-refractivity contribution in [2.45, 2.75) is 159 Å². The number of carboxylic acids is 8. The van der Waals surface area contributed by atoms with Gasteiger partial charge in [-0.2, -0.15) is 0 Å². The second-order valence-electron chi connectivity index (χ2n) is 24.3. The number of benzene rings is 2. The van der Waals surface area contributed by atoms with Crippen LogP contribution in [0.15, 0.2) is 53.0 Å². The van der Waals surface area contributed by atoms with Gasteiger partial charge in [0.2, 0.25) is 23.6 Å². The van der Waals surface area contributed by atoms with E-state index in [1.165, 1.54) is 0 Å². The summed E-state index contributed by atoms with van der Waals surface area (Å²) in [4.78, 5) is 165. The number of nitrogens with one attached hydrogen (secondary N) is 8. The van der Waals surface area contributed by atoms with Gasteiger partial charge in [0, 0.05) is 107 Å². The number of unbranched alkanes of at least 4 members (excludes halogenated alkanes) is 6. The third-order valence-electron chi connectivity index (χ3n) is 16.2. The van der Waals surface area contributed by atoms with E-state index in [4.69, 9.17) is 17.3 Å². The minimum Gasteiger partial charge on any atom is -0.481 e. The fourth-order valence-electron chi connectivity index (χ4n) is 10.8. The predicted octanol–water partition coefficient (Wildman–Crippen LogP) is 2.05. The van der Waals surface area contributed by atoms with Crippen LogP contribution in [0.3, 0.4) is 0 Å². The Bertz CT molecular complexity index is 3010. The molecule has 3 rings (SSSR count). The van der Waals surface area contributed by atoms with Crippen molar-refractivity contribution in [3.8, 4) is 0 Å². The molecule has 6 amide bonds. The highest BCUT2D eigenvalue weighted by molar-refractivity contribution is 9.10. The van der Waals surface area contributed by atoms with E-state index in [9.17, 15) is 98.1 Å². The largest absolute Gasteiger partial charge is 0.481 e. The third-order valence-corrected chi connectivity index (χ3v) is 16.9. The average molecular weight is 1490 g/mol. The summed E-state index contributed by atoms with van der Waals surface area (Å²) in [5.74, 6) is -11.8. The number of thiocarbonyl (C=S) groups is 1. The van der Waals surface area contributed by atoms with Crippen LogP contribution in [0.4, 0.5) is 10.5 Å². The number of carboxylic acid groups (broad SMARTS) is 8. The first-order chi connectivity index (χ1) is 47.5. The number of aryl methyl sites for hydroxylation is 1. The van der Waals surface area contributed by atoms with E-state index in [-0.39, 0.29) is 115 Å². The number of amides is 6. The molecule has 16 N–H and O–H groups in total. The number of nitrogens with zero attached hydrogens (tertiary/aromatic N) is 4. The Morgan fingerprint density at radius 1 is 0.430 bits per heavy atom. The molecule has 1 heterocycles. The summed E-state index contributed by atoms with van der Waals surface area (Å²) in [6.07, 6.45) is 5.04. The Morgan fingerprint density at radius 3 is 1.43 bits per heavy atom. The topological polar surface area (TPSA) is 493 Å². The fraction of sp³-hybridized carbons (Fsp3) is 0.600. The van der Waals surface area contributed by atoms with Crippen molar-refractivity contribution >= 4 is 116 Å². The number of anilines is 1. The number of hydrogen-bond acceptors (Lipinski definition) is 18. The average Bonchev–Trinajstić information content (AvgIpc) is 0.866. The molecule has 2 aromatic rings. The van der Waals surface area contributed by atoms with Crippen LogP contribution in [0.1, 0.15) is 127 Å². The van der Waals surface area contributed by atoms with Crippen LogP contribution in [-0.2, 0) is 70.4 Å². The smallest absolute Gasteiger partial charge is 0.326 e. The molecule has 0 saturated carbocycles. The molecule has 100 heavy (non-hydrogen) atoms. The van der Waals surface area contributed by atoms with Crippen LogP contribution in [-0.4, -0.2) is 265 Å². The summed E-state index contributed by atoms with van der Waals surface area (Å²) in [6.45, 7) is 0.290. The summed E-state index contributed by atoms with van der Waals surface area (Å²) < 4.78 is 0.958. The summed E-state index contributed by atoms with van der Waals surface area (Å²) >= 11 is 8.99. The van der Waals surface area contributed by atoms with Crippen molar-refractivity contribution in [1.29, 1.82) is 0 Å². The number of aliphatic carboxylic acids is 8. The number of halogens is 1.